The van der Waals surface area contributed by atoms with Crippen molar-refractivity contribution >= 4 is 5.91 Å². The maximum Gasteiger partial charge on any atom is 0.227 e. The van der Waals surface area contributed by atoms with Crippen LogP contribution < -0.4 is 5.32 Å². The molecule has 1 N–H and O–H groups in total. The molecule has 1 aliphatic rings. The minimum absolute atomic E-state index is 0.178. The average Bonchev–Trinajstić information content (AvgIpc) is 2.63. The Hall–Kier alpha value is -0.530. The first kappa shape index (κ1) is 6.59. The van der Waals surface area contributed by atoms with Crippen LogP contribution in [-0.4, -0.2) is 12.5 Å². The maximum atomic E-state index is 10.8. The fourth-order valence-corrected chi connectivity index (χ4v) is 0.653. The van der Waals surface area contributed by atoms with E-state index >= 15 is 0 Å². The molecule has 1 rings (SSSR count). The van der Waals surface area contributed by atoms with Crippen molar-refractivity contribution in [1.29, 1.82) is 0 Å². The minimum Gasteiger partial charge on any atom is -0.356 e. The van der Waals surface area contributed by atoms with Gasteiger partial charge in [0.05, 0.1) is 5.92 Å². The second-order valence-electron chi connectivity index (χ2n) is 2.36. The van der Waals surface area contributed by atoms with Crippen molar-refractivity contribution in [3.05, 3.63) is 5.92 Å². The Morgan fingerprint density at radius 2 is 2.33 bits per heavy atom. The van der Waals surface area contributed by atoms with Crippen molar-refractivity contribution in [2.75, 3.05) is 6.54 Å². The number of hydrogen-bond acceptors (Lipinski definition) is 1. The van der Waals surface area contributed by atoms with Crippen LogP contribution in [0.5, 0.6) is 0 Å². The average molecular weight is 126 g/mol. The molecule has 0 unspecified atom stereocenters. The van der Waals surface area contributed by atoms with Gasteiger partial charge < -0.3 is 5.32 Å². The number of carbonyl (C=O) groups is 1. The van der Waals surface area contributed by atoms with E-state index < -0.39 is 0 Å². The molecule has 51 valence electrons. The van der Waals surface area contributed by atoms with E-state index in [4.69, 9.17) is 0 Å². The molecule has 2 nitrogen and oxygen atoms in total. The van der Waals surface area contributed by atoms with E-state index in [-0.39, 0.29) is 5.91 Å². The lowest BCUT2D eigenvalue weighted by atomic mass is 10.4. The van der Waals surface area contributed by atoms with Gasteiger partial charge in [-0.2, -0.15) is 0 Å². The number of nitrogens with one attached hydrogen (secondary N) is 1. The molecule has 0 saturated heterocycles. The zero-order valence-electron chi connectivity index (χ0n) is 5.74. The first-order valence-corrected chi connectivity index (χ1v) is 3.47. The third-order valence-electron chi connectivity index (χ3n) is 1.36. The van der Waals surface area contributed by atoms with Crippen molar-refractivity contribution in [1.82, 2.24) is 5.32 Å². The molecular weight excluding hydrogens is 114 g/mol. The summed E-state index contributed by atoms with van der Waals surface area (Å²) < 4.78 is 0. The van der Waals surface area contributed by atoms with Crippen molar-refractivity contribution in [3.8, 4) is 0 Å². The van der Waals surface area contributed by atoms with E-state index in [1.807, 2.05) is 0 Å². The zero-order valence-corrected chi connectivity index (χ0v) is 5.74. The van der Waals surface area contributed by atoms with Gasteiger partial charge in [-0.3, -0.25) is 4.79 Å². The van der Waals surface area contributed by atoms with Crippen molar-refractivity contribution in [2.45, 2.75) is 26.2 Å². The van der Waals surface area contributed by atoms with E-state index in [9.17, 15) is 4.79 Å². The van der Waals surface area contributed by atoms with Gasteiger partial charge in [0.2, 0.25) is 5.91 Å². The highest BCUT2D eigenvalue weighted by Gasteiger charge is 2.29. The lowest BCUT2D eigenvalue weighted by Crippen LogP contribution is -2.24. The topological polar surface area (TPSA) is 29.1 Å². The van der Waals surface area contributed by atoms with Crippen LogP contribution in [0.1, 0.15) is 26.2 Å². The van der Waals surface area contributed by atoms with Gasteiger partial charge in [-0.05, 0) is 19.3 Å². The molecule has 0 aliphatic heterocycles. The Balaban J connectivity index is 2.03. The molecule has 1 fully saturated rings. The van der Waals surface area contributed by atoms with Crippen molar-refractivity contribution < 1.29 is 4.79 Å². The molecule has 2 heteroatoms. The predicted molar refractivity (Wildman–Crippen MR) is 35.8 cm³/mol. The highest BCUT2D eigenvalue weighted by molar-refractivity contribution is 5.93. The molecule has 0 heterocycles. The van der Waals surface area contributed by atoms with Crippen LogP contribution in [0.2, 0.25) is 0 Å². The van der Waals surface area contributed by atoms with Gasteiger partial charge in [-0.15, -0.1) is 0 Å². The SMILES string of the molecule is CCCNC(=O)[C]1CC1. The number of carbonyl (C=O) groups excluding carboxylic acids is 1. The Kier molecular flexibility index (Phi) is 2.09. The molecule has 1 aliphatic carbocycles. The fraction of sp³-hybridized carbons (Fsp3) is 0.714. The molecule has 0 aromatic heterocycles. The first-order chi connectivity index (χ1) is 4.34. The number of rotatable bonds is 3. The Morgan fingerprint density at radius 3 is 2.78 bits per heavy atom. The van der Waals surface area contributed by atoms with Gasteiger partial charge in [0.1, 0.15) is 0 Å². The van der Waals surface area contributed by atoms with E-state index in [2.05, 4.69) is 12.2 Å². The largest absolute Gasteiger partial charge is 0.356 e. The minimum atomic E-state index is 0.178. The summed E-state index contributed by atoms with van der Waals surface area (Å²) in [6.07, 6.45) is 3.07. The van der Waals surface area contributed by atoms with E-state index in [1.54, 1.807) is 0 Å². The first-order valence-electron chi connectivity index (χ1n) is 3.47. The second-order valence-corrected chi connectivity index (χ2v) is 2.36. The third-order valence-corrected chi connectivity index (χ3v) is 1.36. The van der Waals surface area contributed by atoms with Crippen LogP contribution in [0.4, 0.5) is 0 Å². The summed E-state index contributed by atoms with van der Waals surface area (Å²) in [5, 5.41) is 2.82. The fourth-order valence-electron chi connectivity index (χ4n) is 0.653. The highest BCUT2D eigenvalue weighted by atomic mass is 16.2. The number of amides is 1. The van der Waals surface area contributed by atoms with Gasteiger partial charge in [0.15, 0.2) is 0 Å². The van der Waals surface area contributed by atoms with Crippen molar-refractivity contribution in [2.24, 2.45) is 0 Å². The second kappa shape index (κ2) is 2.85. The van der Waals surface area contributed by atoms with Crippen LogP contribution in [0, 0.1) is 5.92 Å². The summed E-state index contributed by atoms with van der Waals surface area (Å²) in [4.78, 5) is 10.8. The molecule has 0 spiro atoms. The molecule has 0 bridgehead atoms. The van der Waals surface area contributed by atoms with Gasteiger partial charge in [-0.1, -0.05) is 6.92 Å². The molecular formula is C7H12NO. The predicted octanol–water partition coefficient (Wildman–Crippen LogP) is 0.881. The molecule has 1 amide bonds. The quantitative estimate of drug-likeness (QED) is 0.597. The Labute approximate surface area is 55.6 Å². The Morgan fingerprint density at radius 1 is 1.67 bits per heavy atom. The summed E-state index contributed by atoms with van der Waals surface area (Å²) in [5.41, 5.74) is 0. The van der Waals surface area contributed by atoms with Crippen LogP contribution in [0.15, 0.2) is 0 Å². The molecule has 0 atom stereocenters. The monoisotopic (exact) mass is 126 g/mol. The molecule has 1 radical (unpaired) electrons. The van der Waals surface area contributed by atoms with Crippen LogP contribution in [0.3, 0.4) is 0 Å². The van der Waals surface area contributed by atoms with Gasteiger partial charge in [-0.25, -0.2) is 0 Å². The standard InChI is InChI=1S/C7H12NO/c1-2-5-8-7(9)6-3-4-6/h2-5H2,1H3,(H,8,9). The lowest BCUT2D eigenvalue weighted by molar-refractivity contribution is -0.118. The Bertz CT molecular complexity index is 107. The van der Waals surface area contributed by atoms with E-state index in [1.165, 1.54) is 0 Å². The van der Waals surface area contributed by atoms with Crippen LogP contribution in [0.25, 0.3) is 0 Å². The summed E-state index contributed by atoms with van der Waals surface area (Å²) in [7, 11) is 0. The normalized spacial score (nSPS) is 17.4. The summed E-state index contributed by atoms with van der Waals surface area (Å²) in [5.74, 6) is 1.25. The molecule has 1 saturated carbocycles. The number of hydrogen-bond donors (Lipinski definition) is 1. The molecule has 0 aromatic carbocycles. The molecule has 9 heavy (non-hydrogen) atoms. The van der Waals surface area contributed by atoms with E-state index in [0.29, 0.717) is 0 Å². The maximum absolute atomic E-state index is 10.8. The van der Waals surface area contributed by atoms with Crippen LogP contribution >= 0.6 is 0 Å². The third kappa shape index (κ3) is 2.04. The van der Waals surface area contributed by atoms with Gasteiger partial charge >= 0.3 is 0 Å². The summed E-state index contributed by atoms with van der Waals surface area (Å²) in [6.45, 7) is 2.88. The summed E-state index contributed by atoms with van der Waals surface area (Å²) >= 11 is 0. The lowest BCUT2D eigenvalue weighted by Gasteiger charge is -1.98. The van der Waals surface area contributed by atoms with Gasteiger partial charge in [0.25, 0.3) is 0 Å². The zero-order chi connectivity index (χ0) is 6.69. The van der Waals surface area contributed by atoms with Crippen LogP contribution in [-0.2, 0) is 4.79 Å². The summed E-state index contributed by atoms with van der Waals surface area (Å²) in [6, 6.07) is 0. The van der Waals surface area contributed by atoms with E-state index in [0.717, 1.165) is 31.7 Å². The van der Waals surface area contributed by atoms with Gasteiger partial charge in [0, 0.05) is 6.54 Å². The molecule has 0 aromatic rings. The smallest absolute Gasteiger partial charge is 0.227 e. The van der Waals surface area contributed by atoms with Crippen molar-refractivity contribution in [3.63, 3.8) is 0 Å². The highest BCUT2D eigenvalue weighted by Crippen LogP contribution is 2.31.